The fraction of sp³-hybridized carbons (Fsp3) is 0.647. The predicted octanol–water partition coefficient (Wildman–Crippen LogP) is 3.44. The van der Waals surface area contributed by atoms with Crippen LogP contribution in [0.5, 0.6) is 0 Å². The van der Waals surface area contributed by atoms with E-state index in [-0.39, 0.29) is 5.54 Å². The molecule has 0 spiro atoms. The fourth-order valence-electron chi connectivity index (χ4n) is 3.33. The van der Waals surface area contributed by atoms with Crippen molar-refractivity contribution in [3.63, 3.8) is 0 Å². The summed E-state index contributed by atoms with van der Waals surface area (Å²) in [5.41, 5.74) is 5.78. The average Bonchev–Trinajstić information content (AvgIpc) is 2.36. The minimum Gasteiger partial charge on any atom is -0.369 e. The first-order valence-corrected chi connectivity index (χ1v) is 7.36. The standard InChI is InChI=1S/C17H28N2/c1-12-7-14(3)16(15(4)8-12)19-10-13(2)9-18-17(5,6)11-19/h7-8,13,18H,9-11H2,1-6H3. The van der Waals surface area contributed by atoms with Crippen molar-refractivity contribution in [3.05, 3.63) is 28.8 Å². The molecule has 1 aliphatic rings. The van der Waals surface area contributed by atoms with Gasteiger partial charge in [0.25, 0.3) is 0 Å². The average molecular weight is 260 g/mol. The highest BCUT2D eigenvalue weighted by molar-refractivity contribution is 5.60. The van der Waals surface area contributed by atoms with E-state index in [4.69, 9.17) is 0 Å². The maximum absolute atomic E-state index is 3.68. The van der Waals surface area contributed by atoms with E-state index in [9.17, 15) is 0 Å². The summed E-state index contributed by atoms with van der Waals surface area (Å²) < 4.78 is 0. The summed E-state index contributed by atoms with van der Waals surface area (Å²) in [6.07, 6.45) is 0. The van der Waals surface area contributed by atoms with Crippen LogP contribution in [0, 0.1) is 26.7 Å². The van der Waals surface area contributed by atoms with Crippen molar-refractivity contribution < 1.29 is 0 Å². The quantitative estimate of drug-likeness (QED) is 0.832. The van der Waals surface area contributed by atoms with E-state index >= 15 is 0 Å². The van der Waals surface area contributed by atoms with Crippen molar-refractivity contribution in [2.24, 2.45) is 5.92 Å². The van der Waals surface area contributed by atoms with Crippen LogP contribution in [0.2, 0.25) is 0 Å². The van der Waals surface area contributed by atoms with E-state index < -0.39 is 0 Å². The highest BCUT2D eigenvalue weighted by Gasteiger charge is 2.28. The van der Waals surface area contributed by atoms with Gasteiger partial charge in [-0.05, 0) is 58.2 Å². The Morgan fingerprint density at radius 3 is 2.32 bits per heavy atom. The molecule has 1 unspecified atom stereocenters. The molecule has 19 heavy (non-hydrogen) atoms. The van der Waals surface area contributed by atoms with Gasteiger partial charge in [0, 0.05) is 24.3 Å². The smallest absolute Gasteiger partial charge is 0.0426 e. The van der Waals surface area contributed by atoms with E-state index in [0.29, 0.717) is 5.92 Å². The molecular formula is C17H28N2. The molecule has 2 rings (SSSR count). The Kier molecular flexibility index (Phi) is 3.91. The van der Waals surface area contributed by atoms with Gasteiger partial charge >= 0.3 is 0 Å². The van der Waals surface area contributed by atoms with Gasteiger partial charge in [-0.15, -0.1) is 0 Å². The lowest BCUT2D eigenvalue weighted by Gasteiger charge is -2.34. The molecule has 1 aliphatic heterocycles. The molecule has 106 valence electrons. The number of hydrogen-bond acceptors (Lipinski definition) is 2. The maximum Gasteiger partial charge on any atom is 0.0426 e. The van der Waals surface area contributed by atoms with Gasteiger partial charge in [-0.3, -0.25) is 0 Å². The van der Waals surface area contributed by atoms with Crippen LogP contribution in [0.15, 0.2) is 12.1 Å². The normalized spacial score (nSPS) is 23.3. The zero-order valence-electron chi connectivity index (χ0n) is 13.3. The Morgan fingerprint density at radius 1 is 1.16 bits per heavy atom. The molecular weight excluding hydrogens is 232 g/mol. The molecule has 0 amide bonds. The number of anilines is 1. The molecule has 1 atom stereocenters. The molecule has 1 N–H and O–H groups in total. The van der Waals surface area contributed by atoms with Gasteiger partial charge in [-0.1, -0.05) is 24.6 Å². The van der Waals surface area contributed by atoms with Crippen molar-refractivity contribution >= 4 is 5.69 Å². The first kappa shape index (κ1) is 14.4. The Labute approximate surface area is 118 Å². The topological polar surface area (TPSA) is 15.3 Å². The summed E-state index contributed by atoms with van der Waals surface area (Å²) in [4.78, 5) is 2.58. The van der Waals surface area contributed by atoms with Gasteiger partial charge in [0.05, 0.1) is 0 Å². The molecule has 0 bridgehead atoms. The lowest BCUT2D eigenvalue weighted by atomic mass is 10.0. The number of nitrogens with zero attached hydrogens (tertiary/aromatic N) is 1. The van der Waals surface area contributed by atoms with Gasteiger partial charge in [-0.25, -0.2) is 0 Å². The molecule has 1 fully saturated rings. The summed E-state index contributed by atoms with van der Waals surface area (Å²) in [5.74, 6) is 0.682. The van der Waals surface area contributed by atoms with Crippen LogP contribution in [0.4, 0.5) is 5.69 Å². The van der Waals surface area contributed by atoms with Gasteiger partial charge < -0.3 is 10.2 Å². The molecule has 0 radical (unpaired) electrons. The van der Waals surface area contributed by atoms with E-state index in [1.54, 1.807) is 0 Å². The molecule has 1 heterocycles. The lowest BCUT2D eigenvalue weighted by molar-refractivity contribution is 0.402. The fourth-order valence-corrected chi connectivity index (χ4v) is 3.33. The number of benzene rings is 1. The third kappa shape index (κ3) is 3.30. The molecule has 1 aromatic carbocycles. The molecule has 1 aromatic rings. The van der Waals surface area contributed by atoms with E-state index in [0.717, 1.165) is 19.6 Å². The van der Waals surface area contributed by atoms with Crippen LogP contribution >= 0.6 is 0 Å². The van der Waals surface area contributed by atoms with Crippen molar-refractivity contribution in [1.82, 2.24) is 5.32 Å². The Bertz CT molecular complexity index is 439. The highest BCUT2D eigenvalue weighted by Crippen LogP contribution is 2.29. The molecule has 0 saturated carbocycles. The number of aryl methyl sites for hydroxylation is 3. The zero-order chi connectivity index (χ0) is 14.2. The summed E-state index contributed by atoms with van der Waals surface area (Å²) in [6, 6.07) is 4.61. The van der Waals surface area contributed by atoms with E-state index in [2.05, 4.69) is 63.9 Å². The third-order valence-electron chi connectivity index (χ3n) is 4.00. The van der Waals surface area contributed by atoms with Crippen molar-refractivity contribution in [1.29, 1.82) is 0 Å². The Morgan fingerprint density at radius 2 is 1.74 bits per heavy atom. The van der Waals surface area contributed by atoms with Crippen LogP contribution in [-0.4, -0.2) is 25.2 Å². The second kappa shape index (κ2) is 5.16. The zero-order valence-corrected chi connectivity index (χ0v) is 13.3. The van der Waals surface area contributed by atoms with Crippen molar-refractivity contribution in [3.8, 4) is 0 Å². The third-order valence-corrected chi connectivity index (χ3v) is 4.00. The second-order valence-electron chi connectivity index (χ2n) is 7.00. The maximum atomic E-state index is 3.68. The summed E-state index contributed by atoms with van der Waals surface area (Å²) >= 11 is 0. The molecule has 2 nitrogen and oxygen atoms in total. The number of rotatable bonds is 1. The van der Waals surface area contributed by atoms with Crippen molar-refractivity contribution in [2.75, 3.05) is 24.5 Å². The van der Waals surface area contributed by atoms with Crippen LogP contribution in [0.1, 0.15) is 37.5 Å². The van der Waals surface area contributed by atoms with Gasteiger partial charge in [0.2, 0.25) is 0 Å². The molecule has 0 aliphatic carbocycles. The molecule has 2 heteroatoms. The SMILES string of the molecule is Cc1cc(C)c(N2CC(C)CNC(C)(C)C2)c(C)c1. The molecule has 1 saturated heterocycles. The summed E-state index contributed by atoms with van der Waals surface area (Å²) in [7, 11) is 0. The van der Waals surface area contributed by atoms with E-state index in [1.807, 2.05) is 0 Å². The van der Waals surface area contributed by atoms with Crippen LogP contribution in [-0.2, 0) is 0 Å². The summed E-state index contributed by atoms with van der Waals surface area (Å²) in [6.45, 7) is 16.9. The number of hydrogen-bond donors (Lipinski definition) is 1. The largest absolute Gasteiger partial charge is 0.369 e. The first-order chi connectivity index (χ1) is 8.78. The van der Waals surface area contributed by atoms with Crippen LogP contribution < -0.4 is 10.2 Å². The summed E-state index contributed by atoms with van der Waals surface area (Å²) in [5, 5.41) is 3.68. The van der Waals surface area contributed by atoms with Crippen molar-refractivity contribution in [2.45, 2.75) is 47.1 Å². The lowest BCUT2D eigenvalue weighted by Crippen LogP contribution is -2.46. The van der Waals surface area contributed by atoms with Gasteiger partial charge in [0.15, 0.2) is 0 Å². The number of nitrogens with one attached hydrogen (secondary N) is 1. The van der Waals surface area contributed by atoms with E-state index in [1.165, 1.54) is 22.4 Å². The monoisotopic (exact) mass is 260 g/mol. The van der Waals surface area contributed by atoms with Gasteiger partial charge in [-0.2, -0.15) is 0 Å². The minimum absolute atomic E-state index is 0.175. The van der Waals surface area contributed by atoms with Crippen LogP contribution in [0.3, 0.4) is 0 Å². The predicted molar refractivity (Wildman–Crippen MR) is 84.1 cm³/mol. The Balaban J connectivity index is 2.39. The van der Waals surface area contributed by atoms with Crippen LogP contribution in [0.25, 0.3) is 0 Å². The highest BCUT2D eigenvalue weighted by atomic mass is 15.2. The second-order valence-corrected chi connectivity index (χ2v) is 7.00. The molecule has 0 aromatic heterocycles. The first-order valence-electron chi connectivity index (χ1n) is 7.36. The Hall–Kier alpha value is -1.02. The minimum atomic E-state index is 0.175. The van der Waals surface area contributed by atoms with Gasteiger partial charge in [0.1, 0.15) is 0 Å².